The first-order chi connectivity index (χ1) is 9.52. The Bertz CT molecular complexity index is 460. The van der Waals surface area contributed by atoms with Gasteiger partial charge in [-0.15, -0.1) is 0 Å². The smallest absolute Gasteiger partial charge is 0.303 e. The minimum atomic E-state index is -0.830. The number of carbonyl (C=O) groups is 2. The average molecular weight is 278 g/mol. The topological polar surface area (TPSA) is 92.4 Å². The van der Waals surface area contributed by atoms with Crippen molar-refractivity contribution in [1.82, 2.24) is 5.32 Å². The van der Waals surface area contributed by atoms with Crippen LogP contribution in [-0.2, 0) is 16.0 Å². The zero-order valence-corrected chi connectivity index (χ0v) is 11.8. The zero-order chi connectivity index (χ0) is 15.0. The Labute approximate surface area is 119 Å². The lowest BCUT2D eigenvalue weighted by Gasteiger charge is -2.13. The van der Waals surface area contributed by atoms with Gasteiger partial charge in [0.25, 0.3) is 0 Å². The van der Waals surface area contributed by atoms with Gasteiger partial charge < -0.3 is 16.2 Å². The van der Waals surface area contributed by atoms with Crippen LogP contribution in [0.15, 0.2) is 24.3 Å². The van der Waals surface area contributed by atoms with Crippen molar-refractivity contribution in [2.45, 2.75) is 32.6 Å². The molecule has 0 saturated carbocycles. The highest BCUT2D eigenvalue weighted by Crippen LogP contribution is 2.12. The second-order valence-corrected chi connectivity index (χ2v) is 4.88. The predicted molar refractivity (Wildman–Crippen MR) is 78.2 cm³/mol. The van der Waals surface area contributed by atoms with E-state index in [1.54, 1.807) is 0 Å². The van der Waals surface area contributed by atoms with Crippen LogP contribution in [0, 0.1) is 5.92 Å². The van der Waals surface area contributed by atoms with Crippen molar-refractivity contribution in [1.29, 1.82) is 0 Å². The van der Waals surface area contributed by atoms with Crippen molar-refractivity contribution in [3.63, 3.8) is 0 Å². The number of nitrogens with two attached hydrogens (primary N) is 1. The van der Waals surface area contributed by atoms with E-state index in [2.05, 4.69) is 5.32 Å². The van der Waals surface area contributed by atoms with Crippen LogP contribution in [0.2, 0.25) is 0 Å². The summed E-state index contributed by atoms with van der Waals surface area (Å²) in [4.78, 5) is 22.4. The number of aliphatic carboxylic acids is 1. The number of nitrogens with one attached hydrogen (secondary N) is 1. The van der Waals surface area contributed by atoms with E-state index in [1.165, 1.54) is 0 Å². The molecule has 1 atom stereocenters. The van der Waals surface area contributed by atoms with Gasteiger partial charge in [0.05, 0.1) is 0 Å². The van der Waals surface area contributed by atoms with Crippen molar-refractivity contribution in [2.75, 3.05) is 12.3 Å². The summed E-state index contributed by atoms with van der Waals surface area (Å²) >= 11 is 0. The van der Waals surface area contributed by atoms with Gasteiger partial charge in [0, 0.05) is 25.1 Å². The largest absolute Gasteiger partial charge is 0.481 e. The summed E-state index contributed by atoms with van der Waals surface area (Å²) in [7, 11) is 0. The molecule has 0 spiro atoms. The minimum absolute atomic E-state index is 0.0155. The van der Waals surface area contributed by atoms with Gasteiger partial charge in [-0.05, 0) is 24.0 Å². The van der Waals surface area contributed by atoms with Crippen molar-refractivity contribution in [3.8, 4) is 0 Å². The number of rotatable bonds is 8. The van der Waals surface area contributed by atoms with E-state index in [9.17, 15) is 9.59 Å². The molecule has 0 radical (unpaired) electrons. The lowest BCUT2D eigenvalue weighted by Crippen LogP contribution is -2.30. The van der Waals surface area contributed by atoms with Crippen molar-refractivity contribution < 1.29 is 14.7 Å². The van der Waals surface area contributed by atoms with Crippen LogP contribution in [-0.4, -0.2) is 23.5 Å². The summed E-state index contributed by atoms with van der Waals surface area (Å²) in [5.41, 5.74) is 7.46. The fourth-order valence-electron chi connectivity index (χ4n) is 1.96. The Kier molecular flexibility index (Phi) is 6.56. The third-order valence-corrected chi connectivity index (χ3v) is 3.31. The first-order valence-corrected chi connectivity index (χ1v) is 6.84. The molecule has 0 aliphatic heterocycles. The predicted octanol–water partition coefficient (Wildman–Crippen LogP) is 1.82. The number of anilines is 1. The second kappa shape index (κ2) is 8.19. The van der Waals surface area contributed by atoms with E-state index >= 15 is 0 Å². The van der Waals surface area contributed by atoms with Gasteiger partial charge in [0.2, 0.25) is 5.91 Å². The summed E-state index contributed by atoms with van der Waals surface area (Å²) in [6, 6.07) is 7.47. The number of para-hydroxylation sites is 1. The molecule has 0 heterocycles. The number of amides is 1. The van der Waals surface area contributed by atoms with E-state index in [4.69, 9.17) is 10.8 Å². The Hall–Kier alpha value is -2.04. The lowest BCUT2D eigenvalue weighted by atomic mass is 10.0. The molecular formula is C15H22N2O3. The highest BCUT2D eigenvalue weighted by molar-refractivity contribution is 5.76. The third kappa shape index (κ3) is 5.73. The van der Waals surface area contributed by atoms with Crippen molar-refractivity contribution >= 4 is 17.6 Å². The van der Waals surface area contributed by atoms with E-state index in [1.807, 2.05) is 31.2 Å². The normalized spacial score (nSPS) is 11.8. The number of carboxylic acids is 1. The monoisotopic (exact) mass is 278 g/mol. The van der Waals surface area contributed by atoms with E-state index in [-0.39, 0.29) is 18.2 Å². The number of benzene rings is 1. The molecule has 5 nitrogen and oxygen atoms in total. The molecule has 110 valence electrons. The lowest BCUT2D eigenvalue weighted by molar-refractivity contribution is -0.138. The molecule has 1 aromatic rings. The summed E-state index contributed by atoms with van der Waals surface area (Å²) in [5, 5.41) is 11.5. The molecule has 0 fully saturated rings. The molecule has 0 aliphatic rings. The quantitative estimate of drug-likeness (QED) is 0.632. The molecule has 1 amide bonds. The molecule has 20 heavy (non-hydrogen) atoms. The van der Waals surface area contributed by atoms with Gasteiger partial charge in [-0.3, -0.25) is 9.59 Å². The summed E-state index contributed by atoms with van der Waals surface area (Å²) in [5.74, 6) is -0.918. The Morgan fingerprint density at radius 2 is 2.05 bits per heavy atom. The highest BCUT2D eigenvalue weighted by atomic mass is 16.4. The van der Waals surface area contributed by atoms with Crippen LogP contribution < -0.4 is 11.1 Å². The summed E-state index contributed by atoms with van der Waals surface area (Å²) in [6.45, 7) is 2.33. The SMILES string of the molecule is CCC(CNC(=O)CCc1ccccc1N)CC(=O)O. The molecule has 1 unspecified atom stereocenters. The van der Waals surface area contributed by atoms with Crippen LogP contribution in [0.25, 0.3) is 0 Å². The fourth-order valence-corrected chi connectivity index (χ4v) is 1.96. The Balaban J connectivity index is 2.33. The van der Waals surface area contributed by atoms with Gasteiger partial charge in [0.1, 0.15) is 0 Å². The molecule has 0 saturated heterocycles. The van der Waals surface area contributed by atoms with Crippen LogP contribution in [0.4, 0.5) is 5.69 Å². The molecule has 0 bridgehead atoms. The van der Waals surface area contributed by atoms with E-state index < -0.39 is 5.97 Å². The first kappa shape index (κ1) is 16.0. The molecule has 1 rings (SSSR count). The zero-order valence-electron chi connectivity index (χ0n) is 11.8. The summed E-state index contributed by atoms with van der Waals surface area (Å²) < 4.78 is 0. The van der Waals surface area contributed by atoms with Gasteiger partial charge in [-0.1, -0.05) is 31.5 Å². The van der Waals surface area contributed by atoms with Gasteiger partial charge in [0.15, 0.2) is 0 Å². The maximum Gasteiger partial charge on any atom is 0.303 e. The fraction of sp³-hybridized carbons (Fsp3) is 0.467. The molecular weight excluding hydrogens is 256 g/mol. The number of aryl methyl sites for hydroxylation is 1. The van der Waals surface area contributed by atoms with Crippen LogP contribution in [0.5, 0.6) is 0 Å². The minimum Gasteiger partial charge on any atom is -0.481 e. The number of nitrogen functional groups attached to an aromatic ring is 1. The van der Waals surface area contributed by atoms with Gasteiger partial charge in [-0.25, -0.2) is 0 Å². The van der Waals surface area contributed by atoms with E-state index in [0.717, 1.165) is 12.0 Å². The highest BCUT2D eigenvalue weighted by Gasteiger charge is 2.12. The van der Waals surface area contributed by atoms with Crippen molar-refractivity contribution in [2.24, 2.45) is 5.92 Å². The van der Waals surface area contributed by atoms with Crippen LogP contribution >= 0.6 is 0 Å². The Morgan fingerprint density at radius 1 is 1.35 bits per heavy atom. The number of hydrogen-bond donors (Lipinski definition) is 3. The summed E-state index contributed by atoms with van der Waals surface area (Å²) in [6.07, 6.45) is 1.77. The average Bonchev–Trinajstić information content (AvgIpc) is 2.42. The second-order valence-electron chi connectivity index (χ2n) is 4.88. The van der Waals surface area contributed by atoms with Crippen molar-refractivity contribution in [3.05, 3.63) is 29.8 Å². The number of carbonyl (C=O) groups excluding carboxylic acids is 1. The standard InChI is InChI=1S/C15H22N2O3/c1-2-11(9-15(19)20)10-17-14(18)8-7-12-5-3-4-6-13(12)16/h3-6,11H,2,7-10,16H2,1H3,(H,17,18)(H,19,20). The third-order valence-electron chi connectivity index (χ3n) is 3.31. The van der Waals surface area contributed by atoms with Gasteiger partial charge >= 0.3 is 5.97 Å². The Morgan fingerprint density at radius 3 is 2.65 bits per heavy atom. The molecule has 0 aromatic heterocycles. The van der Waals surface area contributed by atoms with Crippen LogP contribution in [0.3, 0.4) is 0 Å². The molecule has 0 aliphatic carbocycles. The number of carboxylic acid groups (broad SMARTS) is 1. The maximum absolute atomic E-state index is 11.7. The van der Waals surface area contributed by atoms with Crippen LogP contribution in [0.1, 0.15) is 31.7 Å². The van der Waals surface area contributed by atoms with E-state index in [0.29, 0.717) is 25.1 Å². The molecule has 5 heteroatoms. The maximum atomic E-state index is 11.7. The first-order valence-electron chi connectivity index (χ1n) is 6.84. The molecule has 1 aromatic carbocycles. The number of hydrogen-bond acceptors (Lipinski definition) is 3. The molecule has 4 N–H and O–H groups in total. The van der Waals surface area contributed by atoms with Gasteiger partial charge in [-0.2, -0.15) is 0 Å².